The molecule has 18 heavy (non-hydrogen) atoms. The fraction of sp³-hybridized carbons (Fsp3) is 0.429. The molecule has 0 N–H and O–H groups in total. The Balaban J connectivity index is 2.95. The van der Waals surface area contributed by atoms with Crippen LogP contribution in [-0.2, 0) is 0 Å². The fourth-order valence-corrected chi connectivity index (χ4v) is 2.66. The van der Waals surface area contributed by atoms with Gasteiger partial charge in [-0.05, 0) is 42.7 Å². The highest BCUT2D eigenvalue weighted by Gasteiger charge is 2.22. The Morgan fingerprint density at radius 1 is 1.50 bits per heavy atom. The third-order valence-electron chi connectivity index (χ3n) is 2.63. The molecule has 0 fully saturated rings. The minimum Gasteiger partial charge on any atom is -0.293 e. The zero-order valence-corrected chi connectivity index (χ0v) is 12.3. The summed E-state index contributed by atoms with van der Waals surface area (Å²) in [5, 5.41) is 11.1. The summed E-state index contributed by atoms with van der Waals surface area (Å²) < 4.78 is 0. The Kier molecular flexibility index (Phi) is 5.71. The number of halogens is 1. The maximum absolute atomic E-state index is 12.3. The topological polar surface area (TPSA) is 40.9 Å². The minimum absolute atomic E-state index is 0.0165. The Morgan fingerprint density at radius 2 is 2.17 bits per heavy atom. The third kappa shape index (κ3) is 4.04. The molecule has 1 atom stereocenters. The van der Waals surface area contributed by atoms with Crippen molar-refractivity contribution in [1.29, 1.82) is 5.26 Å². The van der Waals surface area contributed by atoms with Crippen LogP contribution in [0.15, 0.2) is 18.2 Å². The first-order valence-corrected chi connectivity index (χ1v) is 7.06. The highest BCUT2D eigenvalue weighted by molar-refractivity contribution is 8.05. The van der Waals surface area contributed by atoms with E-state index < -0.39 is 0 Å². The summed E-state index contributed by atoms with van der Waals surface area (Å²) in [6.45, 7) is 5.98. The molecule has 2 nitrogen and oxygen atoms in total. The van der Waals surface area contributed by atoms with E-state index in [0.29, 0.717) is 22.9 Å². The molecule has 0 amide bonds. The van der Waals surface area contributed by atoms with Gasteiger partial charge in [-0.25, -0.2) is 0 Å². The van der Waals surface area contributed by atoms with Gasteiger partial charge in [0, 0.05) is 10.6 Å². The van der Waals surface area contributed by atoms with E-state index in [-0.39, 0.29) is 11.0 Å². The number of aryl methyl sites for hydroxylation is 1. The summed E-state index contributed by atoms with van der Waals surface area (Å²) in [5.41, 5.74) is 1.53. The molecule has 0 aliphatic heterocycles. The smallest absolute Gasteiger partial charge is 0.176 e. The largest absolute Gasteiger partial charge is 0.293 e. The van der Waals surface area contributed by atoms with Gasteiger partial charge in [-0.15, -0.1) is 0 Å². The van der Waals surface area contributed by atoms with Gasteiger partial charge in [-0.3, -0.25) is 4.79 Å². The summed E-state index contributed by atoms with van der Waals surface area (Å²) in [6, 6.07) is 5.29. The van der Waals surface area contributed by atoms with Crippen LogP contribution < -0.4 is 0 Å². The molecule has 0 saturated heterocycles. The predicted octanol–water partition coefficient (Wildman–Crippen LogP) is 4.46. The van der Waals surface area contributed by atoms with Gasteiger partial charge in [0.1, 0.15) is 5.40 Å². The lowest BCUT2D eigenvalue weighted by atomic mass is 10.00. The molecular weight excluding hydrogens is 266 g/mol. The van der Waals surface area contributed by atoms with Gasteiger partial charge in [0.05, 0.1) is 5.25 Å². The molecule has 0 aliphatic rings. The number of hydrogen-bond donors (Lipinski definition) is 0. The van der Waals surface area contributed by atoms with Crippen LogP contribution in [0.1, 0.15) is 36.2 Å². The molecule has 1 aromatic carbocycles. The molecular formula is C14H16ClNOS. The van der Waals surface area contributed by atoms with E-state index in [1.54, 1.807) is 12.1 Å². The molecule has 1 rings (SSSR count). The van der Waals surface area contributed by atoms with Crippen molar-refractivity contribution in [2.45, 2.75) is 32.4 Å². The molecule has 1 aromatic rings. The zero-order chi connectivity index (χ0) is 13.7. The summed E-state index contributed by atoms with van der Waals surface area (Å²) in [7, 11) is 0. The van der Waals surface area contributed by atoms with Crippen molar-refractivity contribution in [1.82, 2.24) is 0 Å². The zero-order valence-electron chi connectivity index (χ0n) is 10.7. The van der Waals surface area contributed by atoms with E-state index in [1.165, 1.54) is 0 Å². The normalized spacial score (nSPS) is 12.2. The Morgan fingerprint density at radius 3 is 2.67 bits per heavy atom. The number of benzene rings is 1. The maximum atomic E-state index is 12.3. The molecule has 0 radical (unpaired) electrons. The first-order valence-electron chi connectivity index (χ1n) is 5.80. The maximum Gasteiger partial charge on any atom is 0.176 e. The van der Waals surface area contributed by atoms with Crippen LogP contribution in [0, 0.1) is 23.5 Å². The van der Waals surface area contributed by atoms with Crippen LogP contribution in [0.3, 0.4) is 0 Å². The summed E-state index contributed by atoms with van der Waals surface area (Å²) in [6.07, 6.45) is 0.697. The van der Waals surface area contributed by atoms with E-state index >= 15 is 0 Å². The number of thioether (sulfide) groups is 1. The average Bonchev–Trinajstić information content (AvgIpc) is 2.31. The molecule has 0 spiro atoms. The number of nitrogens with zero attached hydrogens (tertiary/aromatic N) is 1. The molecule has 0 bridgehead atoms. The molecule has 0 aromatic heterocycles. The van der Waals surface area contributed by atoms with Crippen molar-refractivity contribution in [3.8, 4) is 5.40 Å². The number of carbonyl (C=O) groups excluding carboxylic acids is 1. The lowest BCUT2D eigenvalue weighted by Gasteiger charge is -2.14. The molecule has 0 saturated carbocycles. The Hall–Kier alpha value is -0.980. The number of carbonyl (C=O) groups is 1. The number of Topliss-reactive ketones (excluding diaryl/α,β-unsaturated/α-hetero) is 1. The SMILES string of the molecule is Cc1ccc(C(=O)C(CC(C)C)SC#N)cc1Cl. The van der Waals surface area contributed by atoms with Crippen LogP contribution in [0.5, 0.6) is 0 Å². The van der Waals surface area contributed by atoms with Crippen molar-refractivity contribution in [3.63, 3.8) is 0 Å². The fourth-order valence-electron chi connectivity index (χ4n) is 1.63. The van der Waals surface area contributed by atoms with Gasteiger partial charge >= 0.3 is 0 Å². The van der Waals surface area contributed by atoms with Gasteiger partial charge in [0.15, 0.2) is 5.78 Å². The minimum atomic E-state index is -0.311. The van der Waals surface area contributed by atoms with Crippen molar-refractivity contribution in [2.75, 3.05) is 0 Å². The molecule has 1 unspecified atom stereocenters. The first-order chi connectivity index (χ1) is 8.45. The number of hydrogen-bond acceptors (Lipinski definition) is 3. The van der Waals surface area contributed by atoms with E-state index in [4.69, 9.17) is 16.9 Å². The second-order valence-electron chi connectivity index (χ2n) is 4.66. The van der Waals surface area contributed by atoms with Crippen molar-refractivity contribution in [3.05, 3.63) is 34.3 Å². The van der Waals surface area contributed by atoms with Crippen LogP contribution >= 0.6 is 23.4 Å². The highest BCUT2D eigenvalue weighted by Crippen LogP contribution is 2.25. The standard InChI is InChI=1S/C14H16ClNOS/c1-9(2)6-13(18-8-16)14(17)11-5-4-10(3)12(15)7-11/h4-5,7,9,13H,6H2,1-3H3. The summed E-state index contributed by atoms with van der Waals surface area (Å²) in [4.78, 5) is 12.3. The van der Waals surface area contributed by atoms with Crippen LogP contribution in [0.4, 0.5) is 0 Å². The van der Waals surface area contributed by atoms with Crippen LogP contribution in [0.25, 0.3) is 0 Å². The summed E-state index contributed by atoms with van der Waals surface area (Å²) in [5.74, 6) is 0.359. The Bertz CT molecular complexity index is 479. The van der Waals surface area contributed by atoms with E-state index in [9.17, 15) is 4.79 Å². The van der Waals surface area contributed by atoms with Crippen molar-refractivity contribution >= 4 is 29.1 Å². The molecule has 0 aliphatic carbocycles. The van der Waals surface area contributed by atoms with Gasteiger partial charge in [0.2, 0.25) is 0 Å². The van der Waals surface area contributed by atoms with E-state index in [1.807, 2.05) is 32.2 Å². The first kappa shape index (κ1) is 15.1. The second-order valence-corrected chi connectivity index (χ2v) is 6.05. The van der Waals surface area contributed by atoms with Gasteiger partial charge in [0.25, 0.3) is 0 Å². The lowest BCUT2D eigenvalue weighted by molar-refractivity contribution is 0.0982. The monoisotopic (exact) mass is 281 g/mol. The van der Waals surface area contributed by atoms with Gasteiger partial charge in [-0.1, -0.05) is 37.6 Å². The Labute approximate surface area is 117 Å². The highest BCUT2D eigenvalue weighted by atomic mass is 35.5. The number of ketones is 1. The van der Waals surface area contributed by atoms with Crippen molar-refractivity contribution in [2.24, 2.45) is 5.92 Å². The quantitative estimate of drug-likeness (QED) is 0.591. The van der Waals surface area contributed by atoms with Gasteiger partial charge < -0.3 is 0 Å². The number of thiocyanates is 1. The lowest BCUT2D eigenvalue weighted by Crippen LogP contribution is -2.19. The number of rotatable bonds is 5. The average molecular weight is 282 g/mol. The van der Waals surface area contributed by atoms with Crippen molar-refractivity contribution < 1.29 is 4.79 Å². The third-order valence-corrected chi connectivity index (χ3v) is 3.83. The second kappa shape index (κ2) is 6.82. The molecule has 4 heteroatoms. The van der Waals surface area contributed by atoms with E-state index in [0.717, 1.165) is 17.3 Å². The van der Waals surface area contributed by atoms with Gasteiger partial charge in [-0.2, -0.15) is 5.26 Å². The molecule has 0 heterocycles. The number of nitriles is 1. The van der Waals surface area contributed by atoms with Crippen LogP contribution in [0.2, 0.25) is 5.02 Å². The van der Waals surface area contributed by atoms with Crippen LogP contribution in [-0.4, -0.2) is 11.0 Å². The van der Waals surface area contributed by atoms with E-state index in [2.05, 4.69) is 0 Å². The molecule has 96 valence electrons. The predicted molar refractivity (Wildman–Crippen MR) is 77.0 cm³/mol. The summed E-state index contributed by atoms with van der Waals surface area (Å²) >= 11 is 7.05.